The van der Waals surface area contributed by atoms with Crippen LogP contribution in [0.3, 0.4) is 0 Å². The van der Waals surface area contributed by atoms with Crippen LogP contribution in [0.1, 0.15) is 18.0 Å². The maximum atomic E-state index is 13.4. The first-order valence-corrected chi connectivity index (χ1v) is 5.32. The van der Waals surface area contributed by atoms with E-state index in [4.69, 9.17) is 5.84 Å². The Bertz CT molecular complexity index is 356. The molecule has 1 rings (SSSR count). The third kappa shape index (κ3) is 4.25. The number of nitrogens with one attached hydrogen (secondary N) is 1. The summed E-state index contributed by atoms with van der Waals surface area (Å²) in [6.07, 6.45) is -2.49. The average Bonchev–Trinajstić information content (AvgIpc) is 2.31. The van der Waals surface area contributed by atoms with Crippen molar-refractivity contribution in [2.75, 3.05) is 13.2 Å². The van der Waals surface area contributed by atoms with Crippen LogP contribution in [0.25, 0.3) is 0 Å². The van der Waals surface area contributed by atoms with E-state index >= 15 is 0 Å². The van der Waals surface area contributed by atoms with Gasteiger partial charge < -0.3 is 4.74 Å². The van der Waals surface area contributed by atoms with Gasteiger partial charge in [0.2, 0.25) is 0 Å². The number of benzene rings is 1. The van der Waals surface area contributed by atoms with Gasteiger partial charge >= 0.3 is 0 Å². The Hall–Kier alpha value is -1.18. The minimum absolute atomic E-state index is 0.0764. The number of halogens is 4. The standard InChI is InChI=1S/C11H14F4N2O/c12-7-2-1-3-8(13)11(7)9(17-16)4-5-18-6-10(14)15/h1-3,9-10,17H,4-6,16H2. The molecule has 3 N–H and O–H groups in total. The minimum Gasteiger partial charge on any atom is -0.375 e. The predicted octanol–water partition coefficient (Wildman–Crippen LogP) is 2.14. The van der Waals surface area contributed by atoms with Crippen molar-refractivity contribution in [3.05, 3.63) is 35.4 Å². The number of nitrogens with two attached hydrogens (primary N) is 1. The molecular formula is C11H14F4N2O. The van der Waals surface area contributed by atoms with Crippen molar-refractivity contribution in [1.29, 1.82) is 0 Å². The van der Waals surface area contributed by atoms with Crippen LogP contribution in [-0.4, -0.2) is 19.6 Å². The van der Waals surface area contributed by atoms with E-state index in [1.165, 1.54) is 6.07 Å². The molecule has 0 bridgehead atoms. The molecule has 0 fully saturated rings. The van der Waals surface area contributed by atoms with Gasteiger partial charge in [0.15, 0.2) is 0 Å². The van der Waals surface area contributed by atoms with Crippen molar-refractivity contribution in [2.45, 2.75) is 18.9 Å². The summed E-state index contributed by atoms with van der Waals surface area (Å²) in [7, 11) is 0. The van der Waals surface area contributed by atoms with E-state index in [1.54, 1.807) is 0 Å². The summed E-state index contributed by atoms with van der Waals surface area (Å²) in [5.41, 5.74) is 2.02. The van der Waals surface area contributed by atoms with Crippen LogP contribution in [0.5, 0.6) is 0 Å². The molecule has 0 spiro atoms. The van der Waals surface area contributed by atoms with Gasteiger partial charge in [0.05, 0.1) is 6.04 Å². The van der Waals surface area contributed by atoms with Crippen molar-refractivity contribution < 1.29 is 22.3 Å². The summed E-state index contributed by atoms with van der Waals surface area (Å²) in [6.45, 7) is -0.788. The smallest absolute Gasteiger partial charge is 0.261 e. The van der Waals surface area contributed by atoms with E-state index in [1.807, 2.05) is 0 Å². The third-order valence-electron chi connectivity index (χ3n) is 2.34. The molecule has 7 heteroatoms. The van der Waals surface area contributed by atoms with Crippen LogP contribution in [-0.2, 0) is 4.74 Å². The van der Waals surface area contributed by atoms with Crippen LogP contribution < -0.4 is 11.3 Å². The van der Waals surface area contributed by atoms with Crippen molar-refractivity contribution >= 4 is 0 Å². The number of hydrogen-bond donors (Lipinski definition) is 2. The molecule has 0 aliphatic rings. The van der Waals surface area contributed by atoms with Gasteiger partial charge in [-0.15, -0.1) is 0 Å². The lowest BCUT2D eigenvalue weighted by Gasteiger charge is -2.17. The predicted molar refractivity (Wildman–Crippen MR) is 57.9 cm³/mol. The van der Waals surface area contributed by atoms with Crippen LogP contribution in [0.15, 0.2) is 18.2 Å². The number of alkyl halides is 2. The Morgan fingerprint density at radius 2 is 1.83 bits per heavy atom. The van der Waals surface area contributed by atoms with Crippen LogP contribution in [0.2, 0.25) is 0 Å². The second-order valence-corrected chi connectivity index (χ2v) is 3.61. The van der Waals surface area contributed by atoms with Crippen LogP contribution >= 0.6 is 0 Å². The normalized spacial score (nSPS) is 13.0. The van der Waals surface area contributed by atoms with Crippen molar-refractivity contribution in [1.82, 2.24) is 5.43 Å². The lowest BCUT2D eigenvalue weighted by atomic mass is 10.0. The Labute approximate surface area is 102 Å². The van der Waals surface area contributed by atoms with Gasteiger partial charge in [0, 0.05) is 12.2 Å². The maximum absolute atomic E-state index is 13.4. The highest BCUT2D eigenvalue weighted by atomic mass is 19.3. The summed E-state index contributed by atoms with van der Waals surface area (Å²) >= 11 is 0. The van der Waals surface area contributed by atoms with Crippen molar-refractivity contribution in [3.63, 3.8) is 0 Å². The summed E-state index contributed by atoms with van der Waals surface area (Å²) in [6, 6.07) is 2.60. The summed E-state index contributed by atoms with van der Waals surface area (Å²) < 4.78 is 55.1. The molecule has 0 heterocycles. The van der Waals surface area contributed by atoms with Gasteiger partial charge in [0.25, 0.3) is 6.43 Å². The van der Waals surface area contributed by atoms with Gasteiger partial charge in [-0.1, -0.05) is 6.07 Å². The van der Waals surface area contributed by atoms with Gasteiger partial charge in [0.1, 0.15) is 18.2 Å². The van der Waals surface area contributed by atoms with E-state index < -0.39 is 30.7 Å². The molecule has 1 aromatic carbocycles. The monoisotopic (exact) mass is 266 g/mol. The fourth-order valence-corrected chi connectivity index (χ4v) is 1.53. The zero-order valence-corrected chi connectivity index (χ0v) is 9.51. The number of ether oxygens (including phenoxy) is 1. The van der Waals surface area contributed by atoms with E-state index in [0.29, 0.717) is 0 Å². The second-order valence-electron chi connectivity index (χ2n) is 3.61. The number of rotatable bonds is 7. The fraction of sp³-hybridized carbons (Fsp3) is 0.455. The van der Waals surface area contributed by atoms with Gasteiger partial charge in [-0.2, -0.15) is 0 Å². The second kappa shape index (κ2) is 7.30. The Morgan fingerprint density at radius 1 is 1.22 bits per heavy atom. The molecule has 102 valence electrons. The van der Waals surface area contributed by atoms with Gasteiger partial charge in [-0.3, -0.25) is 11.3 Å². The minimum atomic E-state index is -2.57. The fourth-order valence-electron chi connectivity index (χ4n) is 1.53. The lowest BCUT2D eigenvalue weighted by Crippen LogP contribution is -2.30. The highest BCUT2D eigenvalue weighted by Gasteiger charge is 2.18. The maximum Gasteiger partial charge on any atom is 0.261 e. The molecule has 0 radical (unpaired) electrons. The molecule has 18 heavy (non-hydrogen) atoms. The Kier molecular flexibility index (Phi) is 6.03. The zero-order valence-electron chi connectivity index (χ0n) is 9.51. The molecule has 0 aliphatic heterocycles. The van der Waals surface area contributed by atoms with Crippen molar-refractivity contribution in [3.8, 4) is 0 Å². The number of hydrazine groups is 1. The quantitative estimate of drug-likeness (QED) is 0.344. The molecule has 1 aromatic rings. The summed E-state index contributed by atoms with van der Waals surface area (Å²) in [4.78, 5) is 0. The molecular weight excluding hydrogens is 252 g/mol. The van der Waals surface area contributed by atoms with Gasteiger partial charge in [-0.05, 0) is 18.6 Å². The van der Waals surface area contributed by atoms with Gasteiger partial charge in [-0.25, -0.2) is 17.6 Å². The molecule has 0 saturated carbocycles. The number of hydrogen-bond acceptors (Lipinski definition) is 3. The first-order chi connectivity index (χ1) is 8.56. The summed E-state index contributed by atoms with van der Waals surface area (Å²) in [5.74, 6) is 3.71. The van der Waals surface area contributed by atoms with E-state index in [2.05, 4.69) is 10.2 Å². The third-order valence-corrected chi connectivity index (χ3v) is 2.34. The Balaban J connectivity index is 2.60. The summed E-state index contributed by atoms with van der Waals surface area (Å²) in [5, 5.41) is 0. The molecule has 1 unspecified atom stereocenters. The molecule has 1 atom stereocenters. The highest BCUT2D eigenvalue weighted by molar-refractivity contribution is 5.23. The van der Waals surface area contributed by atoms with E-state index in [9.17, 15) is 17.6 Å². The lowest BCUT2D eigenvalue weighted by molar-refractivity contribution is 0.0142. The first kappa shape index (κ1) is 14.9. The molecule has 0 aromatic heterocycles. The SMILES string of the molecule is NNC(CCOCC(F)F)c1c(F)cccc1F. The first-order valence-electron chi connectivity index (χ1n) is 5.32. The molecule has 3 nitrogen and oxygen atoms in total. The Morgan fingerprint density at radius 3 is 2.33 bits per heavy atom. The average molecular weight is 266 g/mol. The highest BCUT2D eigenvalue weighted by Crippen LogP contribution is 2.22. The molecule has 0 aliphatic carbocycles. The largest absolute Gasteiger partial charge is 0.375 e. The van der Waals surface area contributed by atoms with E-state index in [0.717, 1.165) is 12.1 Å². The zero-order chi connectivity index (χ0) is 13.5. The topological polar surface area (TPSA) is 47.3 Å². The molecule has 0 amide bonds. The van der Waals surface area contributed by atoms with Crippen molar-refractivity contribution in [2.24, 2.45) is 5.84 Å². The van der Waals surface area contributed by atoms with Crippen LogP contribution in [0.4, 0.5) is 17.6 Å². The molecule has 0 saturated heterocycles. The van der Waals surface area contributed by atoms with E-state index in [-0.39, 0.29) is 18.6 Å². The van der Waals surface area contributed by atoms with Crippen LogP contribution in [0, 0.1) is 11.6 Å².